The van der Waals surface area contributed by atoms with E-state index in [0.29, 0.717) is 0 Å². The second-order valence-electron chi connectivity index (χ2n) is 2.77. The Kier molecular flexibility index (Phi) is 12.8. The number of aliphatic hydroxyl groups is 1. The van der Waals surface area contributed by atoms with Gasteiger partial charge in [0.1, 0.15) is 5.60 Å². The molecule has 1 unspecified atom stereocenters. The summed E-state index contributed by atoms with van der Waals surface area (Å²) in [5.74, 6) is -5.92. The molecule has 0 saturated carbocycles. The summed E-state index contributed by atoms with van der Waals surface area (Å²) in [5, 5.41) is 39.3. The van der Waals surface area contributed by atoms with Gasteiger partial charge in [-0.2, -0.15) is 0 Å². The number of aliphatic carboxylic acids is 2. The molecule has 1 N–H and O–H groups in total. The van der Waals surface area contributed by atoms with E-state index in [1.165, 1.54) is 0 Å². The number of hydrogen-bond donors (Lipinski definition) is 1. The molecule has 9 nitrogen and oxygen atoms in total. The Morgan fingerprint density at radius 1 is 1.06 bits per heavy atom. The van der Waals surface area contributed by atoms with Gasteiger partial charge in [0, 0.05) is 12.4 Å². The SMILES string of the molecule is O=C([O-])CC(O)(CC(=O)OC(=O)[O-])C(=O)[O-].[Ca+2].[Na+]. The summed E-state index contributed by atoms with van der Waals surface area (Å²) in [6.07, 6.45) is -5.13. The van der Waals surface area contributed by atoms with Gasteiger partial charge in [-0.25, -0.2) is 0 Å². The van der Waals surface area contributed by atoms with Crippen LogP contribution in [-0.2, 0) is 19.1 Å². The number of esters is 1. The number of carbonyl (C=O) groups excluding carboxylic acids is 4. The molecule has 0 aromatic carbocycles. The minimum absolute atomic E-state index is 0. The first kappa shape index (κ1) is 23.2. The molecule has 18 heavy (non-hydrogen) atoms. The average molecular weight is 296 g/mol. The van der Waals surface area contributed by atoms with Gasteiger partial charge < -0.3 is 39.5 Å². The van der Waals surface area contributed by atoms with Crippen molar-refractivity contribution in [1.29, 1.82) is 0 Å². The molecule has 1 atom stereocenters. The summed E-state index contributed by atoms with van der Waals surface area (Å²) in [6.45, 7) is 0. The van der Waals surface area contributed by atoms with Crippen molar-refractivity contribution in [3.05, 3.63) is 0 Å². The van der Waals surface area contributed by atoms with Gasteiger partial charge in [-0.1, -0.05) is 0 Å². The molecule has 0 fully saturated rings. The van der Waals surface area contributed by atoms with Gasteiger partial charge in [-0.15, -0.1) is 0 Å². The predicted octanol–water partition coefficient (Wildman–Crippen LogP) is -8.49. The van der Waals surface area contributed by atoms with Crippen LogP contribution in [0.25, 0.3) is 0 Å². The summed E-state index contributed by atoms with van der Waals surface area (Å²) in [5.41, 5.74) is -3.09. The van der Waals surface area contributed by atoms with Crippen molar-refractivity contribution in [2.75, 3.05) is 0 Å². The molecule has 0 rings (SSSR count). The molecule has 90 valence electrons. The molecule has 11 heteroatoms. The number of carboxylic acid groups (broad SMARTS) is 3. The molecule has 0 radical (unpaired) electrons. The smallest absolute Gasteiger partial charge is 0.550 e. The Hall–Kier alpha value is 0.0997. The number of ether oxygens (including phenoxy) is 1. The summed E-state index contributed by atoms with van der Waals surface area (Å²) in [7, 11) is 0. The molecule has 0 aliphatic heterocycles. The number of carbonyl (C=O) groups is 4. The van der Waals surface area contributed by atoms with E-state index in [9.17, 15) is 34.5 Å². The summed E-state index contributed by atoms with van der Waals surface area (Å²) < 4.78 is 3.38. The van der Waals surface area contributed by atoms with Gasteiger partial charge in [-0.05, 0) is 0 Å². The fourth-order valence-corrected chi connectivity index (χ4v) is 0.813. The molecule has 0 aromatic rings. The van der Waals surface area contributed by atoms with Crippen LogP contribution in [0.5, 0.6) is 0 Å². The second kappa shape index (κ2) is 9.96. The van der Waals surface area contributed by atoms with E-state index in [1.807, 2.05) is 0 Å². The maximum atomic E-state index is 10.6. The van der Waals surface area contributed by atoms with Gasteiger partial charge in [0.2, 0.25) is 5.97 Å². The van der Waals surface area contributed by atoms with Crippen molar-refractivity contribution < 1.29 is 73.9 Å². The van der Waals surface area contributed by atoms with Crippen LogP contribution in [0.2, 0.25) is 0 Å². The molecule has 0 aromatic heterocycles. The quantitative estimate of drug-likeness (QED) is 0.294. The van der Waals surface area contributed by atoms with Gasteiger partial charge in [-0.3, -0.25) is 4.79 Å². The van der Waals surface area contributed by atoms with Crippen LogP contribution in [0.1, 0.15) is 12.8 Å². The van der Waals surface area contributed by atoms with Crippen LogP contribution in [0.3, 0.4) is 0 Å². The van der Waals surface area contributed by atoms with Crippen molar-refractivity contribution in [1.82, 2.24) is 0 Å². The first-order valence-electron chi connectivity index (χ1n) is 3.72. The second-order valence-corrected chi connectivity index (χ2v) is 2.77. The predicted molar refractivity (Wildman–Crippen MR) is 41.4 cm³/mol. The van der Waals surface area contributed by atoms with Crippen molar-refractivity contribution in [2.45, 2.75) is 18.4 Å². The molecular formula is C7H5CaNaO9. The maximum Gasteiger partial charge on any atom is 2.00 e. The molecule has 0 amide bonds. The van der Waals surface area contributed by atoms with Gasteiger partial charge in [0.15, 0.2) is 0 Å². The Balaban J connectivity index is -0.00000112. The monoisotopic (exact) mass is 296 g/mol. The molecule has 0 bridgehead atoms. The number of rotatable bonds is 5. The molecule has 0 aliphatic rings. The summed E-state index contributed by atoms with van der Waals surface area (Å²) in [6, 6.07) is 0. The van der Waals surface area contributed by atoms with E-state index >= 15 is 0 Å². The fraction of sp³-hybridized carbons (Fsp3) is 0.429. The van der Waals surface area contributed by atoms with Crippen LogP contribution in [0.4, 0.5) is 4.79 Å². The summed E-state index contributed by atoms with van der Waals surface area (Å²) >= 11 is 0. The van der Waals surface area contributed by atoms with E-state index in [1.54, 1.807) is 0 Å². The van der Waals surface area contributed by atoms with E-state index in [2.05, 4.69) is 4.74 Å². The standard InChI is InChI=1S/C7H8O9.Ca.Na/c8-3(9)1-7(15,5(11)12)2-4(10)16-6(13)14;;/h15H,1-2H2,(H,8,9)(H,11,12)(H,13,14);;/q;+2;+1/p-3. The van der Waals surface area contributed by atoms with Gasteiger partial charge in [0.05, 0.1) is 12.4 Å². The third kappa shape index (κ3) is 9.09. The third-order valence-electron chi connectivity index (χ3n) is 1.45. The van der Waals surface area contributed by atoms with Crippen molar-refractivity contribution in [3.63, 3.8) is 0 Å². The Morgan fingerprint density at radius 2 is 1.50 bits per heavy atom. The van der Waals surface area contributed by atoms with Crippen LogP contribution < -0.4 is 44.9 Å². The zero-order valence-corrected chi connectivity index (χ0v) is 13.5. The largest absolute Gasteiger partial charge is 2.00 e. The maximum absolute atomic E-state index is 10.6. The van der Waals surface area contributed by atoms with Crippen LogP contribution in [0, 0.1) is 0 Å². The van der Waals surface area contributed by atoms with E-state index < -0.39 is 42.5 Å². The fourth-order valence-electron chi connectivity index (χ4n) is 0.813. The topological polar surface area (TPSA) is 167 Å². The van der Waals surface area contributed by atoms with E-state index in [4.69, 9.17) is 5.11 Å². The van der Waals surface area contributed by atoms with E-state index in [-0.39, 0.29) is 67.3 Å². The minimum Gasteiger partial charge on any atom is -0.550 e. The van der Waals surface area contributed by atoms with Crippen molar-refractivity contribution in [3.8, 4) is 0 Å². The average Bonchev–Trinajstić information content (AvgIpc) is 1.98. The van der Waals surface area contributed by atoms with Gasteiger partial charge in [0.25, 0.3) is 6.16 Å². The van der Waals surface area contributed by atoms with Crippen LogP contribution in [0.15, 0.2) is 0 Å². The molecular weight excluding hydrogens is 291 g/mol. The zero-order valence-electron chi connectivity index (χ0n) is 9.33. The first-order valence-corrected chi connectivity index (χ1v) is 3.72. The Morgan fingerprint density at radius 3 is 1.78 bits per heavy atom. The van der Waals surface area contributed by atoms with Crippen molar-refractivity contribution in [2.24, 2.45) is 0 Å². The molecule has 0 saturated heterocycles. The third-order valence-corrected chi connectivity index (χ3v) is 1.45. The Bertz CT molecular complexity index is 344. The molecule has 0 heterocycles. The minimum atomic E-state index is -3.09. The van der Waals surface area contributed by atoms with Crippen LogP contribution in [-0.4, -0.2) is 72.5 Å². The normalized spacial score (nSPS) is 12.1. The van der Waals surface area contributed by atoms with Gasteiger partial charge >= 0.3 is 67.3 Å². The zero-order chi connectivity index (χ0) is 12.9. The first-order chi connectivity index (χ1) is 7.17. The molecule has 0 aliphatic carbocycles. The van der Waals surface area contributed by atoms with E-state index in [0.717, 1.165) is 0 Å². The van der Waals surface area contributed by atoms with Crippen LogP contribution >= 0.6 is 0 Å². The Labute approximate surface area is 152 Å². The number of hydrogen-bond acceptors (Lipinski definition) is 9. The van der Waals surface area contributed by atoms with Crippen molar-refractivity contribution >= 4 is 61.8 Å². The molecule has 0 spiro atoms. The summed E-state index contributed by atoms with van der Waals surface area (Å²) in [4.78, 5) is 40.8. The number of carboxylic acids is 2.